The fraction of sp³-hybridized carbons (Fsp3) is 0.267. The second-order valence-corrected chi connectivity index (χ2v) is 5.77. The van der Waals surface area contributed by atoms with Crippen molar-refractivity contribution in [1.82, 2.24) is 21.0 Å². The van der Waals surface area contributed by atoms with E-state index < -0.39 is 23.4 Å². The van der Waals surface area contributed by atoms with Crippen LogP contribution in [0.4, 0.5) is 0 Å². The van der Waals surface area contributed by atoms with E-state index in [9.17, 15) is 9.59 Å². The van der Waals surface area contributed by atoms with Gasteiger partial charge < -0.3 is 11.1 Å². The van der Waals surface area contributed by atoms with E-state index in [0.29, 0.717) is 5.56 Å². The molecule has 1 atom stereocenters. The number of aromatic nitrogens is 2. The second-order valence-electron chi connectivity index (χ2n) is 5.77. The first-order valence-electron chi connectivity index (χ1n) is 6.96. The zero-order chi connectivity index (χ0) is 17.0. The van der Waals surface area contributed by atoms with E-state index >= 15 is 0 Å². The summed E-state index contributed by atoms with van der Waals surface area (Å²) in [6.07, 6.45) is 3.42. The fourth-order valence-corrected chi connectivity index (χ4v) is 2.09. The van der Waals surface area contributed by atoms with E-state index in [4.69, 9.17) is 10.9 Å². The van der Waals surface area contributed by atoms with Gasteiger partial charge in [0, 0.05) is 22.9 Å². The minimum absolute atomic E-state index is 0.372. The number of rotatable bonds is 5. The molecule has 0 unspecified atom stereocenters. The Hall–Kier alpha value is -2.71. The van der Waals surface area contributed by atoms with Crippen LogP contribution in [0.3, 0.4) is 0 Å². The molecule has 0 fully saturated rings. The van der Waals surface area contributed by atoms with Gasteiger partial charge >= 0.3 is 0 Å². The predicted molar refractivity (Wildman–Crippen MR) is 83.5 cm³/mol. The molecule has 0 saturated heterocycles. The van der Waals surface area contributed by atoms with E-state index in [1.807, 2.05) is 0 Å². The van der Waals surface area contributed by atoms with Gasteiger partial charge in [-0.1, -0.05) is 12.1 Å². The molecule has 0 radical (unpaired) electrons. The molecule has 0 saturated carbocycles. The summed E-state index contributed by atoms with van der Waals surface area (Å²) >= 11 is 0. The quantitative estimate of drug-likeness (QED) is 0.402. The minimum atomic E-state index is -1.08. The lowest BCUT2D eigenvalue weighted by Crippen LogP contribution is -2.61. The summed E-state index contributed by atoms with van der Waals surface area (Å²) < 4.78 is 0. The zero-order valence-corrected chi connectivity index (χ0v) is 12.8. The van der Waals surface area contributed by atoms with Crippen LogP contribution < -0.4 is 16.5 Å². The van der Waals surface area contributed by atoms with Crippen LogP contribution in [0.15, 0.2) is 36.7 Å². The van der Waals surface area contributed by atoms with Crippen molar-refractivity contribution in [1.29, 1.82) is 0 Å². The molecule has 8 heteroatoms. The van der Waals surface area contributed by atoms with Crippen LogP contribution >= 0.6 is 0 Å². The third-order valence-electron chi connectivity index (χ3n) is 3.37. The summed E-state index contributed by atoms with van der Waals surface area (Å²) in [5, 5.41) is 17.9. The van der Waals surface area contributed by atoms with Gasteiger partial charge in [0.25, 0.3) is 11.8 Å². The number of nitrogens with zero attached hydrogens (tertiary/aromatic N) is 1. The Kier molecular flexibility index (Phi) is 4.77. The average molecular weight is 317 g/mol. The predicted octanol–water partition coefficient (Wildman–Crippen LogP) is 0.418. The number of carbonyl (C=O) groups excluding carboxylic acids is 2. The van der Waals surface area contributed by atoms with Crippen molar-refractivity contribution >= 4 is 11.8 Å². The Morgan fingerprint density at radius 2 is 1.91 bits per heavy atom. The van der Waals surface area contributed by atoms with E-state index in [1.54, 1.807) is 50.5 Å². The molecular weight excluding hydrogens is 298 g/mol. The third kappa shape index (κ3) is 3.93. The van der Waals surface area contributed by atoms with Crippen LogP contribution in [-0.2, 0) is 4.79 Å². The van der Waals surface area contributed by atoms with E-state index in [0.717, 1.165) is 11.1 Å². The highest BCUT2D eigenvalue weighted by Crippen LogP contribution is 2.18. The lowest BCUT2D eigenvalue weighted by atomic mass is 9.95. The SMILES string of the molecule is CC(C)(N)[C@H](NC(=O)c1ccc(-c2cn[nH]c2)cc1)C(=O)NO. The number of nitrogens with two attached hydrogens (primary N) is 1. The van der Waals surface area contributed by atoms with Crippen LogP contribution in [-0.4, -0.2) is 38.8 Å². The number of hydrogen-bond acceptors (Lipinski definition) is 5. The fourth-order valence-electron chi connectivity index (χ4n) is 2.09. The van der Waals surface area contributed by atoms with Gasteiger partial charge in [-0.2, -0.15) is 5.10 Å². The second kappa shape index (κ2) is 6.59. The lowest BCUT2D eigenvalue weighted by Gasteiger charge is -2.29. The zero-order valence-electron chi connectivity index (χ0n) is 12.8. The van der Waals surface area contributed by atoms with Gasteiger partial charge in [0.15, 0.2) is 0 Å². The van der Waals surface area contributed by atoms with Crippen molar-refractivity contribution in [2.24, 2.45) is 5.73 Å². The highest BCUT2D eigenvalue weighted by molar-refractivity contribution is 5.98. The van der Waals surface area contributed by atoms with Gasteiger partial charge in [-0.25, -0.2) is 5.48 Å². The van der Waals surface area contributed by atoms with Crippen molar-refractivity contribution in [3.63, 3.8) is 0 Å². The Labute approximate surface area is 133 Å². The van der Waals surface area contributed by atoms with Crippen molar-refractivity contribution in [3.05, 3.63) is 42.2 Å². The molecule has 1 aromatic carbocycles. The molecule has 2 aromatic rings. The minimum Gasteiger partial charge on any atom is -0.338 e. The highest BCUT2D eigenvalue weighted by Gasteiger charge is 2.33. The largest absolute Gasteiger partial charge is 0.338 e. The molecule has 8 nitrogen and oxygen atoms in total. The van der Waals surface area contributed by atoms with E-state index in [1.165, 1.54) is 5.48 Å². The first-order valence-corrected chi connectivity index (χ1v) is 6.96. The van der Waals surface area contributed by atoms with Gasteiger partial charge in [-0.15, -0.1) is 0 Å². The molecule has 1 heterocycles. The van der Waals surface area contributed by atoms with Crippen LogP contribution in [0.2, 0.25) is 0 Å². The summed E-state index contributed by atoms with van der Waals surface area (Å²) in [5.74, 6) is -1.24. The Morgan fingerprint density at radius 1 is 1.26 bits per heavy atom. The number of carbonyl (C=O) groups is 2. The molecular formula is C15H19N5O3. The number of amides is 2. The average Bonchev–Trinajstić information content (AvgIpc) is 3.05. The number of H-pyrrole nitrogens is 1. The van der Waals surface area contributed by atoms with Gasteiger partial charge in [-0.3, -0.25) is 19.9 Å². The number of hydroxylamine groups is 1. The maximum atomic E-state index is 12.3. The molecule has 0 aliphatic heterocycles. The Morgan fingerprint density at radius 3 is 2.39 bits per heavy atom. The molecule has 2 rings (SSSR count). The lowest BCUT2D eigenvalue weighted by molar-refractivity contribution is -0.132. The summed E-state index contributed by atoms with van der Waals surface area (Å²) in [4.78, 5) is 23.9. The van der Waals surface area contributed by atoms with Crippen molar-refractivity contribution in [3.8, 4) is 11.1 Å². The molecule has 23 heavy (non-hydrogen) atoms. The van der Waals surface area contributed by atoms with Crippen LogP contribution in [0.25, 0.3) is 11.1 Å². The van der Waals surface area contributed by atoms with Crippen LogP contribution in [0.5, 0.6) is 0 Å². The van der Waals surface area contributed by atoms with Gasteiger partial charge in [0.2, 0.25) is 0 Å². The summed E-state index contributed by atoms with van der Waals surface area (Å²) in [6, 6.07) is 5.74. The molecule has 1 aromatic heterocycles. The van der Waals surface area contributed by atoms with Crippen molar-refractivity contribution in [2.75, 3.05) is 0 Å². The Bertz CT molecular complexity index is 674. The molecule has 2 amide bonds. The standard InChI is InChI=1S/C15H19N5O3/c1-15(2,16)12(14(22)20-23)19-13(21)10-5-3-9(4-6-10)11-7-17-18-8-11/h3-8,12,23H,16H2,1-2H3,(H,17,18)(H,19,21)(H,20,22)/t12-/m1/s1. The summed E-state index contributed by atoms with van der Waals surface area (Å²) in [5.41, 5.74) is 8.52. The number of hydrogen-bond donors (Lipinski definition) is 5. The van der Waals surface area contributed by atoms with Gasteiger partial charge in [0.1, 0.15) is 6.04 Å². The van der Waals surface area contributed by atoms with Crippen LogP contribution in [0, 0.1) is 0 Å². The maximum Gasteiger partial charge on any atom is 0.267 e. The third-order valence-corrected chi connectivity index (χ3v) is 3.37. The number of nitrogens with one attached hydrogen (secondary N) is 3. The molecule has 0 aliphatic rings. The molecule has 0 spiro atoms. The first-order chi connectivity index (χ1) is 10.8. The smallest absolute Gasteiger partial charge is 0.267 e. The molecule has 6 N–H and O–H groups in total. The summed E-state index contributed by atoms with van der Waals surface area (Å²) in [7, 11) is 0. The molecule has 0 aliphatic carbocycles. The Balaban J connectivity index is 2.15. The summed E-state index contributed by atoms with van der Waals surface area (Å²) in [6.45, 7) is 3.16. The van der Waals surface area contributed by atoms with Crippen molar-refractivity contribution < 1.29 is 14.8 Å². The van der Waals surface area contributed by atoms with E-state index in [-0.39, 0.29) is 0 Å². The monoisotopic (exact) mass is 317 g/mol. The highest BCUT2D eigenvalue weighted by atomic mass is 16.5. The first kappa shape index (κ1) is 16.7. The number of aromatic amines is 1. The topological polar surface area (TPSA) is 133 Å². The van der Waals surface area contributed by atoms with Crippen molar-refractivity contribution in [2.45, 2.75) is 25.4 Å². The van der Waals surface area contributed by atoms with Crippen LogP contribution in [0.1, 0.15) is 24.2 Å². The van der Waals surface area contributed by atoms with E-state index in [2.05, 4.69) is 15.5 Å². The maximum absolute atomic E-state index is 12.3. The number of benzene rings is 1. The van der Waals surface area contributed by atoms with Gasteiger partial charge in [0.05, 0.1) is 6.20 Å². The van der Waals surface area contributed by atoms with Gasteiger partial charge in [-0.05, 0) is 31.5 Å². The molecule has 122 valence electrons. The normalized spacial score (nSPS) is 12.5. The molecule has 0 bridgehead atoms.